The fraction of sp³-hybridized carbons (Fsp3) is 0.368. The van der Waals surface area contributed by atoms with Crippen LogP contribution in [0.2, 0.25) is 0 Å². The molecule has 2 heterocycles. The molecule has 2 aromatic rings. The number of aryl methyl sites for hydroxylation is 1. The smallest absolute Gasteiger partial charge is 0.155 e. The van der Waals surface area contributed by atoms with Gasteiger partial charge in [-0.2, -0.15) is 0 Å². The van der Waals surface area contributed by atoms with Crippen LogP contribution in [-0.4, -0.2) is 18.2 Å². The van der Waals surface area contributed by atoms with Crippen molar-refractivity contribution in [3.8, 4) is 0 Å². The summed E-state index contributed by atoms with van der Waals surface area (Å²) in [5.41, 5.74) is 4.31. The Morgan fingerprint density at radius 3 is 2.50 bits per heavy atom. The summed E-state index contributed by atoms with van der Waals surface area (Å²) in [6.07, 6.45) is 2.04. The molecule has 1 atom stereocenters. The molecule has 0 N–H and O–H groups in total. The van der Waals surface area contributed by atoms with Crippen LogP contribution in [0.4, 0.5) is 11.5 Å². The van der Waals surface area contributed by atoms with E-state index in [9.17, 15) is 0 Å². The first kappa shape index (κ1) is 14.8. The SMILES string of the molecule is Cc1ccccc1C1(C)C=Nc2ccc(C(C)C)nc2N1C. The van der Waals surface area contributed by atoms with Crippen LogP contribution in [0.3, 0.4) is 0 Å². The average Bonchev–Trinajstić information content (AvgIpc) is 2.51. The Morgan fingerprint density at radius 2 is 1.82 bits per heavy atom. The summed E-state index contributed by atoms with van der Waals surface area (Å²) in [4.78, 5) is 11.8. The topological polar surface area (TPSA) is 28.5 Å². The highest BCUT2D eigenvalue weighted by atomic mass is 15.3. The number of nitrogens with zero attached hydrogens (tertiary/aromatic N) is 3. The molecule has 3 heteroatoms. The Bertz CT molecular complexity index is 733. The van der Waals surface area contributed by atoms with Gasteiger partial charge in [0.05, 0.1) is 5.54 Å². The number of anilines is 1. The third-order valence-electron chi connectivity index (χ3n) is 4.63. The number of hydrogen-bond donors (Lipinski definition) is 0. The van der Waals surface area contributed by atoms with E-state index >= 15 is 0 Å². The second kappa shape index (κ2) is 5.24. The van der Waals surface area contributed by atoms with Gasteiger partial charge in [-0.05, 0) is 43.0 Å². The van der Waals surface area contributed by atoms with Crippen molar-refractivity contribution in [3.05, 3.63) is 53.2 Å². The summed E-state index contributed by atoms with van der Waals surface area (Å²) in [5, 5.41) is 0. The summed E-state index contributed by atoms with van der Waals surface area (Å²) in [6.45, 7) is 8.68. The molecule has 114 valence electrons. The van der Waals surface area contributed by atoms with Crippen molar-refractivity contribution in [3.63, 3.8) is 0 Å². The van der Waals surface area contributed by atoms with E-state index < -0.39 is 0 Å². The lowest BCUT2D eigenvalue weighted by Gasteiger charge is -2.41. The number of benzene rings is 1. The molecule has 0 radical (unpaired) electrons. The summed E-state index contributed by atoms with van der Waals surface area (Å²) in [5.74, 6) is 1.37. The van der Waals surface area contributed by atoms with Gasteiger partial charge in [-0.15, -0.1) is 0 Å². The van der Waals surface area contributed by atoms with Crippen molar-refractivity contribution >= 4 is 17.7 Å². The standard InChI is InChI=1S/C19H23N3/c1-13(2)16-10-11-17-18(21-16)22(5)19(4,12-20-17)15-9-7-6-8-14(15)3/h6-13H,1-5H3. The van der Waals surface area contributed by atoms with E-state index in [-0.39, 0.29) is 5.54 Å². The normalized spacial score (nSPS) is 20.4. The van der Waals surface area contributed by atoms with Gasteiger partial charge in [0.15, 0.2) is 5.82 Å². The highest BCUT2D eigenvalue weighted by molar-refractivity contribution is 5.87. The summed E-state index contributed by atoms with van der Waals surface area (Å²) >= 11 is 0. The van der Waals surface area contributed by atoms with Gasteiger partial charge < -0.3 is 4.90 Å². The highest BCUT2D eigenvalue weighted by Crippen LogP contribution is 2.40. The van der Waals surface area contributed by atoms with Crippen molar-refractivity contribution < 1.29 is 0 Å². The Kier molecular flexibility index (Phi) is 3.51. The zero-order chi connectivity index (χ0) is 15.9. The van der Waals surface area contributed by atoms with Gasteiger partial charge in [-0.25, -0.2) is 4.98 Å². The predicted octanol–water partition coefficient (Wildman–Crippen LogP) is 4.58. The quantitative estimate of drug-likeness (QED) is 0.810. The molecule has 0 fully saturated rings. The summed E-state index contributed by atoms with van der Waals surface area (Å²) < 4.78 is 0. The van der Waals surface area contributed by atoms with Crippen LogP contribution in [0.5, 0.6) is 0 Å². The number of fused-ring (bicyclic) bond motifs is 1. The van der Waals surface area contributed by atoms with Crippen molar-refractivity contribution in [1.82, 2.24) is 4.98 Å². The molecule has 0 spiro atoms. The van der Waals surface area contributed by atoms with E-state index in [0.717, 1.165) is 17.2 Å². The van der Waals surface area contributed by atoms with E-state index in [4.69, 9.17) is 4.98 Å². The lowest BCUT2D eigenvalue weighted by Crippen LogP contribution is -2.45. The minimum absolute atomic E-state index is 0.277. The van der Waals surface area contributed by atoms with Crippen LogP contribution >= 0.6 is 0 Å². The van der Waals surface area contributed by atoms with Gasteiger partial charge in [0.25, 0.3) is 0 Å². The van der Waals surface area contributed by atoms with Crippen LogP contribution in [0.25, 0.3) is 0 Å². The molecule has 0 saturated carbocycles. The molecule has 3 rings (SSSR count). The monoisotopic (exact) mass is 293 g/mol. The number of aromatic nitrogens is 1. The van der Waals surface area contributed by atoms with Crippen LogP contribution in [0.1, 0.15) is 43.5 Å². The second-order valence-corrected chi connectivity index (χ2v) is 6.51. The van der Waals surface area contributed by atoms with Gasteiger partial charge in [0.2, 0.25) is 0 Å². The lowest BCUT2D eigenvalue weighted by atomic mass is 9.87. The zero-order valence-corrected chi connectivity index (χ0v) is 14.0. The highest BCUT2D eigenvalue weighted by Gasteiger charge is 2.35. The molecule has 0 saturated heterocycles. The van der Waals surface area contributed by atoms with Crippen molar-refractivity contribution in [2.45, 2.75) is 39.2 Å². The van der Waals surface area contributed by atoms with Crippen LogP contribution < -0.4 is 4.90 Å². The van der Waals surface area contributed by atoms with Crippen molar-refractivity contribution in [2.75, 3.05) is 11.9 Å². The largest absolute Gasteiger partial charge is 0.343 e. The Morgan fingerprint density at radius 1 is 1.09 bits per heavy atom. The minimum Gasteiger partial charge on any atom is -0.343 e. The average molecular weight is 293 g/mol. The predicted molar refractivity (Wildman–Crippen MR) is 93.4 cm³/mol. The third kappa shape index (κ3) is 2.21. The lowest BCUT2D eigenvalue weighted by molar-refractivity contribution is 0.613. The van der Waals surface area contributed by atoms with Gasteiger partial charge >= 0.3 is 0 Å². The number of hydrogen-bond acceptors (Lipinski definition) is 3. The second-order valence-electron chi connectivity index (χ2n) is 6.51. The third-order valence-corrected chi connectivity index (χ3v) is 4.63. The van der Waals surface area contributed by atoms with Crippen LogP contribution in [-0.2, 0) is 5.54 Å². The van der Waals surface area contributed by atoms with E-state index in [1.165, 1.54) is 11.1 Å². The molecule has 0 bridgehead atoms. The molecule has 1 aromatic carbocycles. The first-order chi connectivity index (χ1) is 10.4. The number of pyridine rings is 1. The molecule has 1 aliphatic rings. The van der Waals surface area contributed by atoms with E-state index in [1.54, 1.807) is 0 Å². The van der Waals surface area contributed by atoms with E-state index in [1.807, 2.05) is 6.21 Å². The maximum Gasteiger partial charge on any atom is 0.155 e. The minimum atomic E-state index is -0.277. The first-order valence-corrected chi connectivity index (χ1v) is 7.79. The van der Waals surface area contributed by atoms with Gasteiger partial charge in [0, 0.05) is 19.0 Å². The maximum atomic E-state index is 4.86. The molecular formula is C19H23N3. The van der Waals surface area contributed by atoms with Crippen molar-refractivity contribution in [2.24, 2.45) is 4.99 Å². The van der Waals surface area contributed by atoms with Crippen LogP contribution in [0.15, 0.2) is 41.4 Å². The molecule has 1 unspecified atom stereocenters. The van der Waals surface area contributed by atoms with Crippen molar-refractivity contribution in [1.29, 1.82) is 0 Å². The summed E-state index contributed by atoms with van der Waals surface area (Å²) in [7, 11) is 2.10. The fourth-order valence-electron chi connectivity index (χ4n) is 3.02. The zero-order valence-electron chi connectivity index (χ0n) is 14.0. The Labute approximate surface area is 132 Å². The van der Waals surface area contributed by atoms with Crippen LogP contribution in [0, 0.1) is 6.92 Å². The molecular weight excluding hydrogens is 270 g/mol. The molecule has 0 amide bonds. The fourth-order valence-corrected chi connectivity index (χ4v) is 3.02. The number of aliphatic imine (C=N–C) groups is 1. The molecule has 0 aliphatic carbocycles. The van der Waals surface area contributed by atoms with E-state index in [0.29, 0.717) is 5.92 Å². The number of rotatable bonds is 2. The molecule has 1 aliphatic heterocycles. The van der Waals surface area contributed by atoms with Gasteiger partial charge in [0.1, 0.15) is 5.69 Å². The maximum absolute atomic E-state index is 4.86. The van der Waals surface area contributed by atoms with Gasteiger partial charge in [-0.1, -0.05) is 38.1 Å². The first-order valence-electron chi connectivity index (χ1n) is 7.79. The summed E-state index contributed by atoms with van der Waals surface area (Å²) in [6, 6.07) is 12.6. The molecule has 1 aromatic heterocycles. The molecule has 3 nitrogen and oxygen atoms in total. The molecule has 22 heavy (non-hydrogen) atoms. The Hall–Kier alpha value is -2.16. The Balaban J connectivity index is 2.13. The van der Waals surface area contributed by atoms with Gasteiger partial charge in [-0.3, -0.25) is 4.99 Å². The van der Waals surface area contributed by atoms with E-state index in [2.05, 4.69) is 81.0 Å².